The van der Waals surface area contributed by atoms with Gasteiger partial charge in [-0.05, 0) is 49.3 Å². The lowest BCUT2D eigenvalue weighted by molar-refractivity contribution is 0.00706. The van der Waals surface area contributed by atoms with E-state index in [1.807, 2.05) is 6.20 Å². The van der Waals surface area contributed by atoms with Gasteiger partial charge >= 0.3 is 0 Å². The molecule has 35 heavy (non-hydrogen) atoms. The molecule has 0 amide bonds. The predicted molar refractivity (Wildman–Crippen MR) is 129 cm³/mol. The van der Waals surface area contributed by atoms with E-state index in [-0.39, 0.29) is 31.0 Å². The lowest BCUT2D eigenvalue weighted by Crippen LogP contribution is -2.34. The molecule has 1 saturated carbocycles. The summed E-state index contributed by atoms with van der Waals surface area (Å²) in [5, 5.41) is 17.4. The summed E-state index contributed by atoms with van der Waals surface area (Å²) in [6.07, 6.45) is 4.81. The van der Waals surface area contributed by atoms with Gasteiger partial charge in [0.25, 0.3) is 6.01 Å². The van der Waals surface area contributed by atoms with Crippen LogP contribution in [0.25, 0.3) is 11.2 Å². The molecule has 3 aromatic heterocycles. The van der Waals surface area contributed by atoms with Gasteiger partial charge in [-0.2, -0.15) is 4.98 Å². The van der Waals surface area contributed by atoms with E-state index in [9.17, 15) is 5.11 Å². The highest BCUT2D eigenvalue weighted by atomic mass is 35.5. The molecule has 7 rings (SSSR count). The van der Waals surface area contributed by atoms with Crippen LogP contribution in [-0.4, -0.2) is 69.2 Å². The van der Waals surface area contributed by atoms with Crippen molar-refractivity contribution in [3.05, 3.63) is 34.6 Å². The molecule has 2 aliphatic carbocycles. The number of ether oxygens (including phenoxy) is 3. The molecule has 4 aliphatic rings. The zero-order valence-corrected chi connectivity index (χ0v) is 19.8. The molecule has 0 spiro atoms. The van der Waals surface area contributed by atoms with Crippen molar-refractivity contribution in [2.24, 2.45) is 5.92 Å². The Morgan fingerprint density at radius 2 is 2.03 bits per heavy atom. The fourth-order valence-corrected chi connectivity index (χ4v) is 5.40. The molecule has 1 unspecified atom stereocenters. The van der Waals surface area contributed by atoms with Crippen molar-refractivity contribution in [2.45, 2.75) is 56.1 Å². The maximum Gasteiger partial charge on any atom is 0.296 e. The van der Waals surface area contributed by atoms with E-state index in [0.717, 1.165) is 36.7 Å². The molecule has 2 saturated heterocycles. The monoisotopic (exact) mass is 498 g/mol. The smallest absolute Gasteiger partial charge is 0.296 e. The van der Waals surface area contributed by atoms with Crippen LogP contribution in [0, 0.1) is 5.92 Å². The van der Waals surface area contributed by atoms with Crippen LogP contribution in [0.1, 0.15) is 36.6 Å². The largest absolute Gasteiger partial charge is 0.456 e. The van der Waals surface area contributed by atoms with Crippen LogP contribution in [-0.2, 0) is 15.9 Å². The van der Waals surface area contributed by atoms with Crippen LogP contribution in [0.3, 0.4) is 0 Å². The van der Waals surface area contributed by atoms with Gasteiger partial charge in [0.1, 0.15) is 24.1 Å². The van der Waals surface area contributed by atoms with Crippen molar-refractivity contribution >= 4 is 34.3 Å². The first-order chi connectivity index (χ1) is 17.1. The lowest BCUT2D eigenvalue weighted by atomic mass is 10.1. The molecule has 4 N–H and O–H groups in total. The van der Waals surface area contributed by atoms with Crippen molar-refractivity contribution in [2.75, 3.05) is 30.4 Å². The van der Waals surface area contributed by atoms with Gasteiger partial charge in [-0.3, -0.25) is 4.98 Å². The van der Waals surface area contributed by atoms with Gasteiger partial charge in [0.2, 0.25) is 0 Å². The number of aliphatic hydroxyl groups is 1. The molecular formula is C24H27ClN6O4. The fourth-order valence-electron chi connectivity index (χ4n) is 5.20. The highest BCUT2D eigenvalue weighted by molar-refractivity contribution is 6.33. The molecule has 5 atom stereocenters. The Bertz CT molecular complexity index is 1270. The van der Waals surface area contributed by atoms with Gasteiger partial charge in [-0.15, -0.1) is 0 Å². The van der Waals surface area contributed by atoms with E-state index in [4.69, 9.17) is 30.8 Å². The van der Waals surface area contributed by atoms with Crippen LogP contribution >= 0.6 is 11.6 Å². The number of nitrogens with zero attached hydrogens (tertiary/aromatic N) is 3. The summed E-state index contributed by atoms with van der Waals surface area (Å²) in [7, 11) is 0. The minimum Gasteiger partial charge on any atom is -0.456 e. The summed E-state index contributed by atoms with van der Waals surface area (Å²) in [5.41, 5.74) is 4.57. The molecule has 3 aromatic rings. The van der Waals surface area contributed by atoms with Crippen molar-refractivity contribution in [1.82, 2.24) is 19.9 Å². The predicted octanol–water partition coefficient (Wildman–Crippen LogP) is 2.83. The summed E-state index contributed by atoms with van der Waals surface area (Å²) >= 11 is 6.57. The molecule has 0 radical (unpaired) electrons. The van der Waals surface area contributed by atoms with Gasteiger partial charge in [0.15, 0.2) is 11.8 Å². The topological polar surface area (TPSA) is 126 Å². The first-order valence-corrected chi connectivity index (χ1v) is 12.6. The number of aromatic nitrogens is 4. The molecule has 184 valence electrons. The summed E-state index contributed by atoms with van der Waals surface area (Å²) in [5.74, 6) is 1.39. The number of rotatable bonds is 7. The van der Waals surface area contributed by atoms with Crippen LogP contribution < -0.4 is 15.4 Å². The minimum absolute atomic E-state index is 0.0399. The van der Waals surface area contributed by atoms with Crippen molar-refractivity contribution in [3.8, 4) is 6.01 Å². The Labute approximate surface area is 206 Å². The Kier molecular flexibility index (Phi) is 5.23. The van der Waals surface area contributed by atoms with E-state index in [0.29, 0.717) is 34.6 Å². The first kappa shape index (κ1) is 21.6. The number of nitrogens with one attached hydrogen (secondary N) is 3. The standard InChI is InChI=1S/C24H27ClN6O4/c25-14-6-16-23(31-24(29-16)35-18-10-34-20-17(32)9-33-21(18)20)30-22(14)28-15-4-3-12-5-13(8-27-19(12)15)26-7-11-1-2-11/h5-6,8,11,15,17-18,20-21,26,32H,1-4,7,9-10H2,(H2,28,29,30,31)/t15?,17-,18-,20-,21-/m1/s1. The number of halogens is 1. The summed E-state index contributed by atoms with van der Waals surface area (Å²) < 4.78 is 17.2. The number of aromatic amines is 1. The van der Waals surface area contributed by atoms with Crippen LogP contribution in [0.15, 0.2) is 18.3 Å². The summed E-state index contributed by atoms with van der Waals surface area (Å²) in [4.78, 5) is 17.0. The molecule has 5 heterocycles. The quantitative estimate of drug-likeness (QED) is 0.389. The summed E-state index contributed by atoms with van der Waals surface area (Å²) in [6, 6.07) is 4.37. The second-order valence-electron chi connectivity index (χ2n) is 9.88. The Hall–Kier alpha value is -2.66. The molecular weight excluding hydrogens is 472 g/mol. The normalized spacial score (nSPS) is 29.4. The third-order valence-corrected chi connectivity index (χ3v) is 7.57. The average molecular weight is 499 g/mol. The van der Waals surface area contributed by atoms with E-state index in [1.165, 1.54) is 18.4 Å². The fraction of sp³-hybridized carbons (Fsp3) is 0.542. The number of aryl methyl sites for hydroxylation is 1. The number of hydrogen-bond donors (Lipinski definition) is 4. The Morgan fingerprint density at radius 1 is 1.14 bits per heavy atom. The van der Waals surface area contributed by atoms with Gasteiger partial charge in [-0.25, -0.2) is 4.98 Å². The maximum atomic E-state index is 9.93. The van der Waals surface area contributed by atoms with Crippen molar-refractivity contribution < 1.29 is 19.3 Å². The number of hydrogen-bond acceptors (Lipinski definition) is 9. The number of aliphatic hydroxyl groups excluding tert-OH is 1. The maximum absolute atomic E-state index is 9.93. The van der Waals surface area contributed by atoms with Crippen molar-refractivity contribution in [3.63, 3.8) is 0 Å². The van der Waals surface area contributed by atoms with E-state index >= 15 is 0 Å². The van der Waals surface area contributed by atoms with Crippen molar-refractivity contribution in [1.29, 1.82) is 0 Å². The van der Waals surface area contributed by atoms with E-state index < -0.39 is 6.10 Å². The number of H-pyrrole nitrogens is 1. The number of pyridine rings is 2. The Balaban J connectivity index is 1.06. The van der Waals surface area contributed by atoms with E-state index in [2.05, 4.69) is 31.7 Å². The molecule has 3 fully saturated rings. The third kappa shape index (κ3) is 4.08. The number of imidazole rings is 1. The highest BCUT2D eigenvalue weighted by Crippen LogP contribution is 2.36. The molecule has 0 bridgehead atoms. The van der Waals surface area contributed by atoms with Gasteiger partial charge < -0.3 is 34.9 Å². The second-order valence-corrected chi connectivity index (χ2v) is 10.3. The van der Waals surface area contributed by atoms with Crippen LogP contribution in [0.4, 0.5) is 11.5 Å². The zero-order valence-electron chi connectivity index (χ0n) is 19.0. The Morgan fingerprint density at radius 3 is 2.91 bits per heavy atom. The van der Waals surface area contributed by atoms with Gasteiger partial charge in [-0.1, -0.05) is 11.6 Å². The number of fused-ring (bicyclic) bond motifs is 3. The first-order valence-electron chi connectivity index (χ1n) is 12.2. The van der Waals surface area contributed by atoms with Crippen LogP contribution in [0.2, 0.25) is 5.02 Å². The van der Waals surface area contributed by atoms with Crippen LogP contribution in [0.5, 0.6) is 6.01 Å². The van der Waals surface area contributed by atoms with E-state index in [1.54, 1.807) is 6.07 Å². The number of anilines is 2. The molecule has 0 aromatic carbocycles. The van der Waals surface area contributed by atoms with Gasteiger partial charge in [0.05, 0.1) is 47.4 Å². The highest BCUT2D eigenvalue weighted by Gasteiger charge is 2.48. The SMILES string of the molecule is O[C@@H]1CO[C@H]2[C@@H]1OC[C@H]2Oc1nc2nc(NC3CCc4cc(NCC5CC5)cnc43)c(Cl)cc2[nH]1. The summed E-state index contributed by atoms with van der Waals surface area (Å²) in [6.45, 7) is 1.61. The molecule has 11 heteroatoms. The minimum atomic E-state index is -0.626. The average Bonchev–Trinajstić information content (AvgIpc) is 3.13. The lowest BCUT2D eigenvalue weighted by Gasteiger charge is -2.15. The zero-order chi connectivity index (χ0) is 23.5. The third-order valence-electron chi connectivity index (χ3n) is 7.29. The molecule has 2 aliphatic heterocycles. The van der Waals surface area contributed by atoms with Gasteiger partial charge in [0, 0.05) is 6.54 Å². The molecule has 10 nitrogen and oxygen atoms in total. The second kappa shape index (κ2) is 8.48.